The maximum absolute atomic E-state index is 13.6. The second-order valence-corrected chi connectivity index (χ2v) is 4.72. The van der Waals surface area contributed by atoms with Crippen molar-refractivity contribution in [2.75, 3.05) is 31.0 Å². The molecule has 1 heterocycles. The van der Waals surface area contributed by atoms with Crippen molar-refractivity contribution in [2.24, 2.45) is 5.11 Å². The zero-order chi connectivity index (χ0) is 13.0. The highest BCUT2D eigenvalue weighted by atomic mass is 32.2. The zero-order valence-corrected chi connectivity index (χ0v) is 10.7. The summed E-state index contributed by atoms with van der Waals surface area (Å²) < 4.78 is 19.1. The number of halogens is 1. The van der Waals surface area contributed by atoms with Gasteiger partial charge in [0.1, 0.15) is 12.5 Å². The smallest absolute Gasteiger partial charge is 0.138 e. The SMILES string of the molecule is CSc1ccc(N2CO[C@H](CN=[N+]=[N-])C2)cc1F. The van der Waals surface area contributed by atoms with E-state index in [1.165, 1.54) is 17.8 Å². The van der Waals surface area contributed by atoms with E-state index in [9.17, 15) is 4.39 Å². The predicted octanol–water partition coefficient (Wildman–Crippen LogP) is 3.02. The summed E-state index contributed by atoms with van der Waals surface area (Å²) in [5.74, 6) is -0.224. The highest BCUT2D eigenvalue weighted by molar-refractivity contribution is 7.98. The Labute approximate surface area is 109 Å². The molecule has 5 nitrogen and oxygen atoms in total. The van der Waals surface area contributed by atoms with Crippen LogP contribution in [0.15, 0.2) is 28.2 Å². The van der Waals surface area contributed by atoms with Gasteiger partial charge in [0, 0.05) is 22.0 Å². The first-order valence-electron chi connectivity index (χ1n) is 5.45. The predicted molar refractivity (Wildman–Crippen MR) is 69.3 cm³/mol. The molecule has 1 saturated heterocycles. The highest BCUT2D eigenvalue weighted by Crippen LogP contribution is 2.26. The Morgan fingerprint density at radius 2 is 2.50 bits per heavy atom. The third-order valence-corrected chi connectivity index (χ3v) is 3.51. The van der Waals surface area contributed by atoms with Crippen LogP contribution in [-0.2, 0) is 4.74 Å². The van der Waals surface area contributed by atoms with E-state index in [0.29, 0.717) is 24.7 Å². The first kappa shape index (κ1) is 13.0. The molecule has 1 aromatic rings. The van der Waals surface area contributed by atoms with Crippen molar-refractivity contribution in [1.82, 2.24) is 0 Å². The van der Waals surface area contributed by atoms with Gasteiger partial charge in [-0.25, -0.2) is 4.39 Å². The summed E-state index contributed by atoms with van der Waals surface area (Å²) in [7, 11) is 0. The maximum Gasteiger partial charge on any atom is 0.138 e. The van der Waals surface area contributed by atoms with Gasteiger partial charge in [-0.1, -0.05) is 5.11 Å². The van der Waals surface area contributed by atoms with E-state index in [-0.39, 0.29) is 11.9 Å². The van der Waals surface area contributed by atoms with Crippen molar-refractivity contribution in [2.45, 2.75) is 11.0 Å². The minimum atomic E-state index is -0.224. The number of hydrogen-bond donors (Lipinski definition) is 0. The Hall–Kier alpha value is -1.43. The van der Waals surface area contributed by atoms with Crippen molar-refractivity contribution >= 4 is 17.4 Å². The molecular weight excluding hydrogens is 255 g/mol. The van der Waals surface area contributed by atoms with Crippen LogP contribution in [0.3, 0.4) is 0 Å². The molecule has 0 spiro atoms. The molecule has 1 fully saturated rings. The molecule has 0 radical (unpaired) electrons. The van der Waals surface area contributed by atoms with Crippen molar-refractivity contribution in [3.05, 3.63) is 34.5 Å². The summed E-state index contributed by atoms with van der Waals surface area (Å²) in [6.07, 6.45) is 1.72. The zero-order valence-electron chi connectivity index (χ0n) is 9.91. The van der Waals surface area contributed by atoms with Crippen molar-refractivity contribution in [3.8, 4) is 0 Å². The van der Waals surface area contributed by atoms with E-state index < -0.39 is 0 Å². The molecular formula is C11H13FN4OS. The number of anilines is 1. The van der Waals surface area contributed by atoms with Crippen LogP contribution < -0.4 is 4.90 Å². The van der Waals surface area contributed by atoms with Crippen LogP contribution in [0, 0.1) is 5.82 Å². The molecule has 0 N–H and O–H groups in total. The van der Waals surface area contributed by atoms with Crippen molar-refractivity contribution in [1.29, 1.82) is 0 Å². The normalized spacial score (nSPS) is 18.8. The largest absolute Gasteiger partial charge is 0.356 e. The van der Waals surface area contributed by atoms with E-state index in [1.54, 1.807) is 6.07 Å². The van der Waals surface area contributed by atoms with Gasteiger partial charge in [0.2, 0.25) is 0 Å². The summed E-state index contributed by atoms with van der Waals surface area (Å²) in [6.45, 7) is 1.30. The van der Waals surface area contributed by atoms with Crippen LogP contribution in [0.2, 0.25) is 0 Å². The van der Waals surface area contributed by atoms with Gasteiger partial charge in [0.25, 0.3) is 0 Å². The van der Waals surface area contributed by atoms with Gasteiger partial charge >= 0.3 is 0 Å². The second kappa shape index (κ2) is 5.95. The van der Waals surface area contributed by atoms with E-state index in [4.69, 9.17) is 10.3 Å². The molecule has 7 heteroatoms. The number of benzene rings is 1. The van der Waals surface area contributed by atoms with Gasteiger partial charge in [-0.15, -0.1) is 11.8 Å². The number of thioether (sulfide) groups is 1. The summed E-state index contributed by atoms with van der Waals surface area (Å²) in [4.78, 5) is 5.25. The Morgan fingerprint density at radius 1 is 1.67 bits per heavy atom. The summed E-state index contributed by atoms with van der Waals surface area (Å²) in [5, 5.41) is 3.48. The van der Waals surface area contributed by atoms with Crippen LogP contribution >= 0.6 is 11.8 Å². The minimum Gasteiger partial charge on any atom is -0.356 e. The summed E-state index contributed by atoms with van der Waals surface area (Å²) in [5.41, 5.74) is 9.03. The average molecular weight is 268 g/mol. The molecule has 1 aromatic carbocycles. The second-order valence-electron chi connectivity index (χ2n) is 3.87. The molecule has 0 aromatic heterocycles. The fourth-order valence-corrected chi connectivity index (χ4v) is 2.27. The molecule has 0 amide bonds. The molecule has 1 atom stereocenters. The Bertz CT molecular complexity index is 478. The molecule has 0 bridgehead atoms. The lowest BCUT2D eigenvalue weighted by molar-refractivity contribution is 0.122. The van der Waals surface area contributed by atoms with Gasteiger partial charge in [-0.3, -0.25) is 0 Å². The molecule has 18 heavy (non-hydrogen) atoms. The van der Waals surface area contributed by atoms with Crippen LogP contribution in [0.5, 0.6) is 0 Å². The van der Waals surface area contributed by atoms with E-state index in [0.717, 1.165) is 5.69 Å². The van der Waals surface area contributed by atoms with Crippen LogP contribution in [-0.4, -0.2) is 32.2 Å². The lowest BCUT2D eigenvalue weighted by Crippen LogP contribution is -2.22. The lowest BCUT2D eigenvalue weighted by Gasteiger charge is -2.16. The van der Waals surface area contributed by atoms with E-state index in [2.05, 4.69) is 10.0 Å². The average Bonchev–Trinajstić information content (AvgIpc) is 2.85. The van der Waals surface area contributed by atoms with Crippen molar-refractivity contribution < 1.29 is 9.13 Å². The Morgan fingerprint density at radius 3 is 3.17 bits per heavy atom. The third kappa shape index (κ3) is 2.87. The Kier molecular flexibility index (Phi) is 4.30. The van der Waals surface area contributed by atoms with Gasteiger partial charge in [-0.2, -0.15) is 0 Å². The minimum absolute atomic E-state index is 0.121. The number of azide groups is 1. The molecule has 2 rings (SSSR count). The number of rotatable bonds is 4. The van der Waals surface area contributed by atoms with Gasteiger partial charge in [0.15, 0.2) is 0 Å². The fraction of sp³-hybridized carbons (Fsp3) is 0.455. The highest BCUT2D eigenvalue weighted by Gasteiger charge is 2.23. The lowest BCUT2D eigenvalue weighted by atomic mass is 10.2. The maximum atomic E-state index is 13.6. The van der Waals surface area contributed by atoms with Crippen LogP contribution in [0.1, 0.15) is 0 Å². The van der Waals surface area contributed by atoms with E-state index in [1.807, 2.05) is 17.2 Å². The summed E-state index contributed by atoms with van der Waals surface area (Å²) in [6, 6.07) is 5.13. The molecule has 0 aliphatic carbocycles. The summed E-state index contributed by atoms with van der Waals surface area (Å²) >= 11 is 1.38. The molecule has 96 valence electrons. The molecule has 0 saturated carbocycles. The number of hydrogen-bond acceptors (Lipinski definition) is 4. The van der Waals surface area contributed by atoms with E-state index >= 15 is 0 Å². The van der Waals surface area contributed by atoms with Gasteiger partial charge in [0.05, 0.1) is 12.6 Å². The standard InChI is InChI=1S/C11H13FN4OS/c1-18-11-3-2-8(4-10(11)12)16-6-9(17-7-16)5-14-15-13/h2-4,9H,5-7H2,1H3/t9-/m1/s1. The van der Waals surface area contributed by atoms with Crippen LogP contribution in [0.4, 0.5) is 10.1 Å². The number of ether oxygens (including phenoxy) is 1. The van der Waals surface area contributed by atoms with Gasteiger partial charge in [-0.05, 0) is 30.0 Å². The molecule has 0 unspecified atom stereocenters. The number of nitrogens with zero attached hydrogens (tertiary/aromatic N) is 4. The molecule has 1 aliphatic heterocycles. The topological polar surface area (TPSA) is 61.2 Å². The van der Waals surface area contributed by atoms with Crippen LogP contribution in [0.25, 0.3) is 10.4 Å². The molecule has 1 aliphatic rings. The quantitative estimate of drug-likeness (QED) is 0.365. The van der Waals surface area contributed by atoms with Crippen molar-refractivity contribution in [3.63, 3.8) is 0 Å². The van der Waals surface area contributed by atoms with Gasteiger partial charge < -0.3 is 9.64 Å². The monoisotopic (exact) mass is 268 g/mol. The fourth-order valence-electron chi connectivity index (χ4n) is 1.82. The third-order valence-electron chi connectivity index (χ3n) is 2.74. The first-order chi connectivity index (χ1) is 8.74. The Balaban J connectivity index is 2.05. The first-order valence-corrected chi connectivity index (χ1v) is 6.68.